The first-order valence-corrected chi connectivity index (χ1v) is 7.43. The summed E-state index contributed by atoms with van der Waals surface area (Å²) in [7, 11) is 0. The van der Waals surface area contributed by atoms with Gasteiger partial charge in [-0.25, -0.2) is 4.79 Å². The average Bonchev–Trinajstić information content (AvgIpc) is 2.59. The highest BCUT2D eigenvalue weighted by Gasteiger charge is 2.34. The van der Waals surface area contributed by atoms with Crippen molar-refractivity contribution in [3.63, 3.8) is 0 Å². The molecule has 0 aliphatic rings. The molecule has 0 saturated heterocycles. The maximum atomic E-state index is 14.2. The van der Waals surface area contributed by atoms with Crippen molar-refractivity contribution >= 4 is 12.0 Å². The molecule has 0 saturated carbocycles. The van der Waals surface area contributed by atoms with Gasteiger partial charge in [-0.05, 0) is 48.0 Å². The van der Waals surface area contributed by atoms with E-state index in [4.69, 9.17) is 5.11 Å². The van der Waals surface area contributed by atoms with Gasteiger partial charge >= 0.3 is 18.3 Å². The van der Waals surface area contributed by atoms with Gasteiger partial charge in [-0.3, -0.25) is 0 Å². The van der Waals surface area contributed by atoms with E-state index in [0.717, 1.165) is 30.3 Å². The molecule has 0 heterocycles. The summed E-state index contributed by atoms with van der Waals surface area (Å²) < 4.78 is 73.6. The summed E-state index contributed by atoms with van der Waals surface area (Å²) in [5, 5.41) is 8.53. The Bertz CT molecular complexity index is 796. The topological polar surface area (TPSA) is 55.8 Å². The third kappa shape index (κ3) is 6.61. The molecule has 2 rings (SSSR count). The van der Waals surface area contributed by atoms with Crippen LogP contribution in [0.25, 0.3) is 6.08 Å². The molecule has 0 spiro atoms. The Hall–Kier alpha value is -3.10. The lowest BCUT2D eigenvalue weighted by molar-refractivity contribution is -0.185. The third-order valence-electron chi connectivity index (χ3n) is 3.14. The van der Waals surface area contributed by atoms with Gasteiger partial charge in [0.15, 0.2) is 6.61 Å². The number of carbonyl (C=O) groups is 1. The zero-order chi connectivity index (χ0) is 20.1. The Morgan fingerprint density at radius 2 is 1.48 bits per heavy atom. The van der Waals surface area contributed by atoms with Gasteiger partial charge in [-0.15, -0.1) is 0 Å². The zero-order valence-electron chi connectivity index (χ0n) is 13.5. The van der Waals surface area contributed by atoms with E-state index in [-0.39, 0.29) is 11.5 Å². The molecule has 0 amide bonds. The fraction of sp³-hybridized carbons (Fsp3) is 0.167. The fourth-order valence-electron chi connectivity index (χ4n) is 1.93. The Morgan fingerprint density at radius 1 is 0.926 bits per heavy atom. The molecular formula is C18H13F5O4. The summed E-state index contributed by atoms with van der Waals surface area (Å²) in [5.74, 6) is -1.53. The minimum Gasteiger partial charge on any atom is -0.484 e. The molecule has 2 aromatic rings. The maximum Gasteiger partial charge on any atom is 0.426 e. The van der Waals surface area contributed by atoms with Crippen LogP contribution in [0.15, 0.2) is 54.6 Å². The number of rotatable bonds is 7. The van der Waals surface area contributed by atoms with E-state index in [9.17, 15) is 26.7 Å². The van der Waals surface area contributed by atoms with Crippen LogP contribution in [0.3, 0.4) is 0 Å². The van der Waals surface area contributed by atoms with Crippen LogP contribution >= 0.6 is 0 Å². The lowest BCUT2D eigenvalue weighted by Gasteiger charge is -2.19. The van der Waals surface area contributed by atoms with Crippen LogP contribution in [-0.2, 0) is 10.9 Å². The number of benzene rings is 2. The van der Waals surface area contributed by atoms with Crippen LogP contribution in [-0.4, -0.2) is 23.9 Å². The van der Waals surface area contributed by atoms with Crippen LogP contribution in [0, 0.1) is 0 Å². The van der Waals surface area contributed by atoms with Crippen molar-refractivity contribution in [1.82, 2.24) is 0 Å². The molecule has 0 aliphatic heterocycles. The number of alkyl halides is 5. The van der Waals surface area contributed by atoms with Crippen LogP contribution < -0.4 is 9.47 Å². The number of hydrogen-bond donors (Lipinski definition) is 1. The monoisotopic (exact) mass is 388 g/mol. The highest BCUT2D eigenvalue weighted by Crippen LogP contribution is 2.32. The van der Waals surface area contributed by atoms with Gasteiger partial charge in [0.1, 0.15) is 11.5 Å². The Balaban J connectivity index is 2.04. The molecule has 0 atom stereocenters. The van der Waals surface area contributed by atoms with Crippen molar-refractivity contribution in [3.05, 3.63) is 65.7 Å². The van der Waals surface area contributed by atoms with E-state index in [1.165, 1.54) is 30.3 Å². The molecule has 0 fully saturated rings. The predicted octanol–water partition coefficient (Wildman–Crippen LogP) is 4.85. The lowest BCUT2D eigenvalue weighted by Crippen LogP contribution is -2.22. The van der Waals surface area contributed by atoms with Gasteiger partial charge in [0.2, 0.25) is 0 Å². The van der Waals surface area contributed by atoms with Crippen LogP contribution in [0.4, 0.5) is 22.0 Å². The summed E-state index contributed by atoms with van der Waals surface area (Å²) >= 11 is 0. The number of aliphatic carboxylic acids is 1. The van der Waals surface area contributed by atoms with Crippen molar-refractivity contribution in [2.45, 2.75) is 12.3 Å². The van der Waals surface area contributed by atoms with Crippen molar-refractivity contribution < 1.29 is 41.3 Å². The number of halogens is 5. The Labute approximate surface area is 150 Å². The fourth-order valence-corrected chi connectivity index (χ4v) is 1.93. The van der Waals surface area contributed by atoms with E-state index >= 15 is 0 Å². The summed E-state index contributed by atoms with van der Waals surface area (Å²) in [5.41, 5.74) is -0.101. The molecule has 0 aliphatic carbocycles. The van der Waals surface area contributed by atoms with Crippen molar-refractivity contribution in [2.75, 3.05) is 6.61 Å². The molecule has 2 aromatic carbocycles. The van der Waals surface area contributed by atoms with E-state index in [0.29, 0.717) is 5.56 Å². The Kier molecular flexibility index (Phi) is 6.04. The maximum absolute atomic E-state index is 14.2. The minimum absolute atomic E-state index is 0.176. The second kappa shape index (κ2) is 8.07. The van der Waals surface area contributed by atoms with Crippen molar-refractivity contribution in [2.24, 2.45) is 0 Å². The zero-order valence-corrected chi connectivity index (χ0v) is 13.5. The first-order chi connectivity index (χ1) is 12.5. The summed E-state index contributed by atoms with van der Waals surface area (Å²) in [6, 6.07) is 9.01. The Morgan fingerprint density at radius 3 is 2.00 bits per heavy atom. The molecule has 0 radical (unpaired) electrons. The molecule has 9 heteroatoms. The highest BCUT2D eigenvalue weighted by molar-refractivity contribution is 5.85. The van der Waals surface area contributed by atoms with Gasteiger partial charge < -0.3 is 14.6 Å². The SMILES string of the molecule is O=C(O)/C=C/c1ccc(OC(F)(F)c2ccc(OCC(F)(F)F)cc2)cc1. The first-order valence-electron chi connectivity index (χ1n) is 7.43. The molecule has 1 N–H and O–H groups in total. The van der Waals surface area contributed by atoms with Crippen molar-refractivity contribution in [3.8, 4) is 11.5 Å². The highest BCUT2D eigenvalue weighted by atomic mass is 19.4. The molecule has 144 valence electrons. The predicted molar refractivity (Wildman–Crippen MR) is 85.6 cm³/mol. The largest absolute Gasteiger partial charge is 0.484 e. The van der Waals surface area contributed by atoms with E-state index in [1.54, 1.807) is 0 Å². The number of ether oxygens (including phenoxy) is 2. The second-order valence-electron chi connectivity index (χ2n) is 5.29. The molecular weight excluding hydrogens is 375 g/mol. The van der Waals surface area contributed by atoms with Gasteiger partial charge in [0.25, 0.3) is 0 Å². The summed E-state index contributed by atoms with van der Waals surface area (Å²) in [6.07, 6.45) is -6.09. The second-order valence-corrected chi connectivity index (χ2v) is 5.29. The number of carboxylic acid groups (broad SMARTS) is 1. The van der Waals surface area contributed by atoms with Crippen LogP contribution in [0.1, 0.15) is 11.1 Å². The first kappa shape index (κ1) is 20.2. The van der Waals surface area contributed by atoms with Crippen LogP contribution in [0.5, 0.6) is 11.5 Å². The van der Waals surface area contributed by atoms with E-state index in [1.807, 2.05) is 0 Å². The van der Waals surface area contributed by atoms with Gasteiger partial charge in [0.05, 0.1) is 5.56 Å². The smallest absolute Gasteiger partial charge is 0.426 e. The quantitative estimate of drug-likeness (QED) is 0.544. The average molecular weight is 388 g/mol. The summed E-state index contributed by atoms with van der Waals surface area (Å²) in [4.78, 5) is 10.4. The third-order valence-corrected chi connectivity index (χ3v) is 3.14. The number of hydrogen-bond acceptors (Lipinski definition) is 3. The van der Waals surface area contributed by atoms with E-state index in [2.05, 4.69) is 9.47 Å². The normalized spacial score (nSPS) is 12.2. The van der Waals surface area contributed by atoms with E-state index < -0.39 is 30.4 Å². The van der Waals surface area contributed by atoms with Gasteiger partial charge in [-0.1, -0.05) is 12.1 Å². The van der Waals surface area contributed by atoms with Crippen molar-refractivity contribution in [1.29, 1.82) is 0 Å². The number of carboxylic acids is 1. The molecule has 27 heavy (non-hydrogen) atoms. The molecule has 0 unspecified atom stereocenters. The standard InChI is InChI=1S/C18H13F5O4/c19-17(20,21)11-26-14-8-4-13(5-9-14)18(22,23)27-15-6-1-12(2-7-15)3-10-16(24)25/h1-10H,11H2,(H,24,25)/b10-3+. The minimum atomic E-state index is -4.53. The van der Waals surface area contributed by atoms with Gasteiger partial charge in [-0.2, -0.15) is 22.0 Å². The molecule has 0 bridgehead atoms. The molecule has 4 nitrogen and oxygen atoms in total. The lowest BCUT2D eigenvalue weighted by atomic mass is 10.2. The van der Waals surface area contributed by atoms with Gasteiger partial charge in [0, 0.05) is 6.08 Å². The summed E-state index contributed by atoms with van der Waals surface area (Å²) in [6.45, 7) is -1.53. The van der Waals surface area contributed by atoms with Crippen LogP contribution in [0.2, 0.25) is 0 Å². The molecule has 0 aromatic heterocycles.